The van der Waals surface area contributed by atoms with Crippen LogP contribution < -0.4 is 16.0 Å². The van der Waals surface area contributed by atoms with Crippen LogP contribution in [0.1, 0.15) is 19.3 Å². The van der Waals surface area contributed by atoms with Crippen molar-refractivity contribution in [1.82, 2.24) is 14.9 Å². The van der Waals surface area contributed by atoms with Crippen LogP contribution in [0.4, 0.5) is 21.7 Å². The molecule has 1 aromatic heterocycles. The molecule has 4 rings (SSSR count). The van der Waals surface area contributed by atoms with Crippen LogP contribution in [0.2, 0.25) is 10.0 Å². The number of nitrogens with two attached hydrogens (primary N) is 1. The number of benzene rings is 1. The van der Waals surface area contributed by atoms with E-state index < -0.39 is 18.0 Å². The average Bonchev–Trinajstić information content (AvgIpc) is 2.70. The fraction of sp³-hybridized carbons (Fsp3) is 0.450. The van der Waals surface area contributed by atoms with Crippen LogP contribution in [-0.4, -0.2) is 63.7 Å². The van der Waals surface area contributed by atoms with E-state index in [9.17, 15) is 14.3 Å². The fourth-order valence-electron chi connectivity index (χ4n) is 4.27. The third-order valence-electron chi connectivity index (χ3n) is 5.62. The number of rotatable bonds is 4. The van der Waals surface area contributed by atoms with Crippen LogP contribution in [0.25, 0.3) is 0 Å². The number of piperidine rings is 2. The van der Waals surface area contributed by atoms with Crippen molar-refractivity contribution in [3.05, 3.63) is 40.4 Å². The Labute approximate surface area is 189 Å². The van der Waals surface area contributed by atoms with Crippen LogP contribution in [0, 0.1) is 5.82 Å². The Balaban J connectivity index is 1.51. The van der Waals surface area contributed by atoms with E-state index in [0.29, 0.717) is 41.7 Å². The number of carbonyl (C=O) groups excluding carboxylic acids is 1. The number of aromatic nitrogens is 2. The lowest BCUT2D eigenvalue weighted by Gasteiger charge is -2.44. The predicted octanol–water partition coefficient (Wildman–Crippen LogP) is 2.55. The Bertz CT molecular complexity index is 960. The lowest BCUT2D eigenvalue weighted by atomic mass is 9.96. The van der Waals surface area contributed by atoms with Crippen LogP contribution in [-0.2, 0) is 4.79 Å². The number of β-amino-alcohol motifs (C(OH)–C–C–N with tert-alkyl or cyclic N) is 1. The van der Waals surface area contributed by atoms with Gasteiger partial charge in [-0.15, -0.1) is 0 Å². The average molecular weight is 469 g/mol. The van der Waals surface area contributed by atoms with E-state index in [1.54, 1.807) is 28.0 Å². The summed E-state index contributed by atoms with van der Waals surface area (Å²) in [5, 5.41) is 14.6. The van der Waals surface area contributed by atoms with E-state index in [0.717, 1.165) is 6.42 Å². The molecule has 0 bridgehead atoms. The highest BCUT2D eigenvalue weighted by molar-refractivity contribution is 6.35. The van der Waals surface area contributed by atoms with Gasteiger partial charge in [0, 0.05) is 35.4 Å². The summed E-state index contributed by atoms with van der Waals surface area (Å²) < 4.78 is 14.4. The van der Waals surface area contributed by atoms with Crippen molar-refractivity contribution in [1.29, 1.82) is 0 Å². The van der Waals surface area contributed by atoms with Gasteiger partial charge in [0.25, 0.3) is 0 Å². The fourth-order valence-corrected chi connectivity index (χ4v) is 4.80. The molecule has 1 aromatic carbocycles. The van der Waals surface area contributed by atoms with Gasteiger partial charge in [-0.05, 0) is 37.5 Å². The number of halogens is 3. The second-order valence-electron chi connectivity index (χ2n) is 7.87. The molecule has 0 spiro atoms. The summed E-state index contributed by atoms with van der Waals surface area (Å²) in [6.07, 6.45) is 2.31. The minimum Gasteiger partial charge on any atom is -0.391 e. The number of aliphatic hydroxyl groups excluding tert-OH is 1. The minimum absolute atomic E-state index is 0.0314. The summed E-state index contributed by atoms with van der Waals surface area (Å²) in [4.78, 5) is 24.3. The molecule has 2 fully saturated rings. The third kappa shape index (κ3) is 4.78. The number of amides is 1. The first-order valence-corrected chi connectivity index (χ1v) is 10.8. The predicted molar refractivity (Wildman–Crippen MR) is 118 cm³/mol. The molecular weight excluding hydrogens is 446 g/mol. The number of anilines is 3. The quantitative estimate of drug-likeness (QED) is 0.632. The van der Waals surface area contributed by atoms with Crippen LogP contribution in [0.3, 0.4) is 0 Å². The van der Waals surface area contributed by atoms with E-state index in [4.69, 9.17) is 28.9 Å². The zero-order valence-electron chi connectivity index (χ0n) is 16.6. The first kappa shape index (κ1) is 21.9. The van der Waals surface area contributed by atoms with Gasteiger partial charge in [0.1, 0.15) is 12.4 Å². The second-order valence-corrected chi connectivity index (χ2v) is 8.75. The largest absolute Gasteiger partial charge is 0.391 e. The number of hydrogen-bond donors (Lipinski definition) is 3. The monoisotopic (exact) mass is 468 g/mol. The number of hydrogen-bond acceptors (Lipinski definition) is 7. The van der Waals surface area contributed by atoms with Crippen molar-refractivity contribution in [3.8, 4) is 0 Å². The van der Waals surface area contributed by atoms with Gasteiger partial charge >= 0.3 is 0 Å². The van der Waals surface area contributed by atoms with E-state index in [1.807, 2.05) is 0 Å². The Morgan fingerprint density at radius 3 is 2.68 bits per heavy atom. The highest BCUT2D eigenvalue weighted by atomic mass is 35.5. The molecule has 2 aliphatic rings. The number of nitrogen functional groups attached to an aromatic ring is 1. The zero-order chi connectivity index (χ0) is 22.1. The van der Waals surface area contributed by atoms with Gasteiger partial charge in [-0.25, -0.2) is 9.97 Å². The first-order chi connectivity index (χ1) is 14.8. The molecule has 3 unspecified atom stereocenters. The number of nitrogens with one attached hydrogen (secondary N) is 1. The van der Waals surface area contributed by atoms with Gasteiger partial charge in [-0.1, -0.05) is 23.2 Å². The molecule has 1 amide bonds. The molecule has 31 heavy (non-hydrogen) atoms. The molecule has 3 atom stereocenters. The maximum absolute atomic E-state index is 14.4. The topological polar surface area (TPSA) is 108 Å². The van der Waals surface area contributed by atoms with Crippen LogP contribution in [0.15, 0.2) is 24.5 Å². The van der Waals surface area contributed by atoms with Crippen molar-refractivity contribution in [3.63, 3.8) is 0 Å². The molecular formula is C20H23Cl2FN6O2. The molecule has 2 aliphatic heterocycles. The van der Waals surface area contributed by atoms with Crippen LogP contribution in [0.5, 0.6) is 0 Å². The van der Waals surface area contributed by atoms with Crippen molar-refractivity contribution in [2.75, 3.05) is 35.6 Å². The van der Waals surface area contributed by atoms with Crippen molar-refractivity contribution in [2.45, 2.75) is 37.5 Å². The van der Waals surface area contributed by atoms with Crippen LogP contribution >= 0.6 is 23.2 Å². The van der Waals surface area contributed by atoms with Gasteiger partial charge in [0.05, 0.1) is 12.1 Å². The molecule has 0 saturated carbocycles. The highest BCUT2D eigenvalue weighted by Crippen LogP contribution is 2.29. The van der Waals surface area contributed by atoms with E-state index >= 15 is 0 Å². The lowest BCUT2D eigenvalue weighted by molar-refractivity contribution is -0.137. The Morgan fingerprint density at radius 2 is 1.94 bits per heavy atom. The molecule has 4 N–H and O–H groups in total. The maximum Gasteiger partial charge on any atom is 0.245 e. The van der Waals surface area contributed by atoms with E-state index in [2.05, 4.69) is 15.3 Å². The highest BCUT2D eigenvalue weighted by Gasteiger charge is 2.38. The Kier molecular flexibility index (Phi) is 6.36. The summed E-state index contributed by atoms with van der Waals surface area (Å²) >= 11 is 12.1. The molecule has 0 radical (unpaired) electrons. The molecule has 2 saturated heterocycles. The van der Waals surface area contributed by atoms with Gasteiger partial charge in [-0.2, -0.15) is 4.39 Å². The summed E-state index contributed by atoms with van der Waals surface area (Å²) in [6, 6.07) is 4.32. The molecule has 166 valence electrons. The normalized spacial score (nSPS) is 24.4. The molecule has 0 aliphatic carbocycles. The third-order valence-corrected chi connectivity index (χ3v) is 6.06. The van der Waals surface area contributed by atoms with Crippen molar-refractivity contribution in [2.24, 2.45) is 0 Å². The van der Waals surface area contributed by atoms with Crippen molar-refractivity contribution < 1.29 is 14.3 Å². The van der Waals surface area contributed by atoms with Gasteiger partial charge in [0.15, 0.2) is 11.6 Å². The second kappa shape index (κ2) is 9.02. The standard InChI is InChI=1S/C20H23Cl2FN6O2/c21-11-4-12(22)6-13(5-11)27-16-2-1-3-29(20(16)31)14-7-15(30)9-28(8-14)19-17(23)18(24)25-10-26-19/h4-6,10,14-16,27,30H,1-3,7-9H2,(H2,24,25,26). The summed E-state index contributed by atoms with van der Waals surface area (Å²) in [5.74, 6) is -1.02. The smallest absolute Gasteiger partial charge is 0.245 e. The summed E-state index contributed by atoms with van der Waals surface area (Å²) in [5.41, 5.74) is 6.24. The number of nitrogens with zero attached hydrogens (tertiary/aromatic N) is 4. The maximum atomic E-state index is 14.4. The Hall–Kier alpha value is -2.36. The summed E-state index contributed by atoms with van der Waals surface area (Å²) in [7, 11) is 0. The first-order valence-electron chi connectivity index (χ1n) is 10.0. The summed E-state index contributed by atoms with van der Waals surface area (Å²) in [6.45, 7) is 1.10. The van der Waals surface area contributed by atoms with Crippen molar-refractivity contribution >= 4 is 46.4 Å². The van der Waals surface area contributed by atoms with Gasteiger partial charge in [0.2, 0.25) is 11.7 Å². The van der Waals surface area contributed by atoms with Gasteiger partial charge in [-0.3, -0.25) is 4.79 Å². The van der Waals surface area contributed by atoms with Gasteiger partial charge < -0.3 is 26.0 Å². The SMILES string of the molecule is Nc1ncnc(N2CC(O)CC(N3CCCC(Nc4cc(Cl)cc(Cl)c4)C3=O)C2)c1F. The van der Waals surface area contributed by atoms with E-state index in [-0.39, 0.29) is 30.1 Å². The molecule has 8 nitrogen and oxygen atoms in total. The molecule has 2 aromatic rings. The minimum atomic E-state index is -0.734. The van der Waals surface area contributed by atoms with E-state index in [1.165, 1.54) is 6.33 Å². The Morgan fingerprint density at radius 1 is 1.19 bits per heavy atom. The number of aliphatic hydroxyl groups is 1. The molecule has 3 heterocycles. The zero-order valence-corrected chi connectivity index (χ0v) is 18.2. The molecule has 11 heteroatoms. The lowest BCUT2D eigenvalue weighted by Crippen LogP contribution is -2.59. The number of likely N-dealkylation sites (tertiary alicyclic amines) is 1. The number of carbonyl (C=O) groups is 1.